The zero-order valence-electron chi connectivity index (χ0n) is 27.9. The average molecular weight is 614 g/mol. The number of anilines is 1. The first-order valence-corrected chi connectivity index (χ1v) is 17.6. The van der Waals surface area contributed by atoms with E-state index in [1.54, 1.807) is 11.0 Å². The van der Waals surface area contributed by atoms with Gasteiger partial charge in [-0.05, 0) is 90.0 Å². The van der Waals surface area contributed by atoms with Crippen LogP contribution in [0.4, 0.5) is 5.69 Å². The molecule has 8 nitrogen and oxygen atoms in total. The fraction of sp³-hybridized carbons (Fsp3) is 0.778. The van der Waals surface area contributed by atoms with Gasteiger partial charge in [0, 0.05) is 43.8 Å². The van der Waals surface area contributed by atoms with Crippen molar-refractivity contribution in [3.63, 3.8) is 0 Å². The van der Waals surface area contributed by atoms with Gasteiger partial charge in [0.25, 0.3) is 5.91 Å². The van der Waals surface area contributed by atoms with Crippen molar-refractivity contribution in [2.75, 3.05) is 45.2 Å². The van der Waals surface area contributed by atoms with Crippen LogP contribution in [0.15, 0.2) is 18.2 Å². The van der Waals surface area contributed by atoms with Gasteiger partial charge in [0.2, 0.25) is 5.91 Å². The molecule has 2 saturated carbocycles. The van der Waals surface area contributed by atoms with Crippen molar-refractivity contribution in [1.82, 2.24) is 9.80 Å². The molecule has 8 heteroatoms. The molecule has 1 heterocycles. The number of nitrogens with zero attached hydrogens (tertiary/aromatic N) is 2. The van der Waals surface area contributed by atoms with Crippen molar-refractivity contribution in [3.8, 4) is 5.75 Å². The number of rotatable bonds is 8. The summed E-state index contributed by atoms with van der Waals surface area (Å²) in [5.41, 5.74) is 1.04. The molecule has 2 aliphatic carbocycles. The minimum Gasteiger partial charge on any atom is -0.490 e. The summed E-state index contributed by atoms with van der Waals surface area (Å²) in [7, 11) is 2.20. The van der Waals surface area contributed by atoms with Gasteiger partial charge in [-0.15, -0.1) is 0 Å². The molecule has 0 radical (unpaired) electrons. The van der Waals surface area contributed by atoms with Crippen LogP contribution >= 0.6 is 0 Å². The van der Waals surface area contributed by atoms with Gasteiger partial charge < -0.3 is 29.7 Å². The topological polar surface area (TPSA) is 91.3 Å². The molecular formula is C36H59N3O5. The van der Waals surface area contributed by atoms with Crippen molar-refractivity contribution < 1.29 is 24.2 Å². The Morgan fingerprint density at radius 3 is 2.39 bits per heavy atom. The highest BCUT2D eigenvalue weighted by Crippen LogP contribution is 2.30. The Morgan fingerprint density at radius 1 is 1.00 bits per heavy atom. The zero-order valence-corrected chi connectivity index (χ0v) is 27.9. The quantitative estimate of drug-likeness (QED) is 0.347. The van der Waals surface area contributed by atoms with Crippen LogP contribution in [0.2, 0.25) is 0 Å². The maximum Gasteiger partial charge on any atom is 0.258 e. The molecule has 0 saturated heterocycles. The number of fused-ring (bicyclic) bond motifs is 1. The molecule has 2 amide bonds. The number of aliphatic hydroxyl groups is 1. The molecular weight excluding hydrogens is 554 g/mol. The highest BCUT2D eigenvalue weighted by Gasteiger charge is 2.31. The molecule has 1 aliphatic heterocycles. The molecule has 0 aromatic heterocycles. The van der Waals surface area contributed by atoms with Gasteiger partial charge >= 0.3 is 0 Å². The summed E-state index contributed by atoms with van der Waals surface area (Å²) in [6, 6.07) is 5.05. The first kappa shape index (κ1) is 34.7. The Bertz CT molecular complexity index is 1040. The Labute approximate surface area is 266 Å². The second-order valence-corrected chi connectivity index (χ2v) is 14.1. The normalized spacial score (nSPS) is 26.0. The second-order valence-electron chi connectivity index (χ2n) is 14.1. The first-order chi connectivity index (χ1) is 21.2. The van der Waals surface area contributed by atoms with Crippen LogP contribution in [-0.4, -0.2) is 84.9 Å². The van der Waals surface area contributed by atoms with Crippen LogP contribution in [0, 0.1) is 17.8 Å². The van der Waals surface area contributed by atoms with Gasteiger partial charge in [0.1, 0.15) is 5.75 Å². The number of nitrogens with one attached hydrogen (secondary N) is 1. The lowest BCUT2D eigenvalue weighted by atomic mass is 9.88. The predicted molar refractivity (Wildman–Crippen MR) is 176 cm³/mol. The lowest BCUT2D eigenvalue weighted by molar-refractivity contribution is -0.120. The third-order valence-electron chi connectivity index (χ3n) is 10.1. The van der Waals surface area contributed by atoms with Crippen LogP contribution in [0.25, 0.3) is 0 Å². The maximum absolute atomic E-state index is 14.4. The van der Waals surface area contributed by atoms with Crippen LogP contribution in [0.3, 0.4) is 0 Å². The number of aliphatic hydroxyl groups excluding tert-OH is 1. The van der Waals surface area contributed by atoms with E-state index >= 15 is 0 Å². The number of benzene rings is 1. The number of ether oxygens (including phenoxy) is 2. The molecule has 3 aliphatic rings. The molecule has 4 atom stereocenters. The first-order valence-electron chi connectivity index (χ1n) is 17.6. The number of carbonyl (C=O) groups is 2. The molecule has 1 aromatic carbocycles. The van der Waals surface area contributed by atoms with E-state index in [0.717, 1.165) is 64.0 Å². The van der Waals surface area contributed by atoms with Gasteiger partial charge in [-0.1, -0.05) is 45.4 Å². The zero-order chi connectivity index (χ0) is 31.5. The molecule has 2 N–H and O–H groups in total. The van der Waals surface area contributed by atoms with Crippen LogP contribution in [0.5, 0.6) is 5.75 Å². The van der Waals surface area contributed by atoms with Crippen LogP contribution < -0.4 is 10.1 Å². The van der Waals surface area contributed by atoms with Gasteiger partial charge in [-0.25, -0.2) is 0 Å². The SMILES string of the molecule is C[C@@H]1CCCCO[C@@H](CN(C)CC2CCCCC2)[C@@H](C)CN([C@H](C)CO)C(=O)c2cc(NC(=O)C3CCCCC3)ccc2O1. The highest BCUT2D eigenvalue weighted by atomic mass is 16.5. The third-order valence-corrected chi connectivity index (χ3v) is 10.1. The van der Waals surface area contributed by atoms with Gasteiger partial charge in [0.15, 0.2) is 0 Å². The molecule has 0 bridgehead atoms. The summed E-state index contributed by atoms with van der Waals surface area (Å²) in [6.45, 7) is 8.99. The van der Waals surface area contributed by atoms with Crippen molar-refractivity contribution in [2.45, 2.75) is 122 Å². The lowest BCUT2D eigenvalue weighted by Crippen LogP contribution is -2.47. The maximum atomic E-state index is 14.4. The number of carbonyl (C=O) groups excluding carboxylic acids is 2. The van der Waals surface area contributed by atoms with Crippen molar-refractivity contribution in [2.24, 2.45) is 17.8 Å². The fourth-order valence-corrected chi connectivity index (χ4v) is 7.26. The van der Waals surface area contributed by atoms with Crippen molar-refractivity contribution in [3.05, 3.63) is 23.8 Å². The lowest BCUT2D eigenvalue weighted by Gasteiger charge is -2.36. The monoisotopic (exact) mass is 613 g/mol. The number of hydrogen-bond acceptors (Lipinski definition) is 6. The van der Waals surface area contributed by atoms with E-state index in [4.69, 9.17) is 9.47 Å². The minimum absolute atomic E-state index is 0.0179. The Balaban J connectivity index is 1.56. The van der Waals surface area contributed by atoms with E-state index in [0.29, 0.717) is 30.2 Å². The van der Waals surface area contributed by atoms with E-state index in [9.17, 15) is 14.7 Å². The van der Waals surface area contributed by atoms with Crippen molar-refractivity contribution in [1.29, 1.82) is 0 Å². The Morgan fingerprint density at radius 2 is 1.68 bits per heavy atom. The van der Waals surface area contributed by atoms with E-state index in [2.05, 4.69) is 24.2 Å². The van der Waals surface area contributed by atoms with Crippen LogP contribution in [0.1, 0.15) is 115 Å². The summed E-state index contributed by atoms with van der Waals surface area (Å²) >= 11 is 0. The van der Waals surface area contributed by atoms with Gasteiger partial charge in [-0.3, -0.25) is 9.59 Å². The number of likely N-dealkylation sites (N-methyl/N-ethyl adjacent to an activating group) is 1. The summed E-state index contributed by atoms with van der Waals surface area (Å²) in [6.07, 6.45) is 14.5. The van der Waals surface area contributed by atoms with Gasteiger partial charge in [0.05, 0.1) is 30.4 Å². The molecule has 4 rings (SSSR count). The molecule has 44 heavy (non-hydrogen) atoms. The summed E-state index contributed by atoms with van der Waals surface area (Å²) in [4.78, 5) is 31.6. The largest absolute Gasteiger partial charge is 0.490 e. The smallest absolute Gasteiger partial charge is 0.258 e. The highest BCUT2D eigenvalue weighted by molar-refractivity contribution is 6.00. The van der Waals surface area contributed by atoms with Crippen molar-refractivity contribution >= 4 is 17.5 Å². The molecule has 2 fully saturated rings. The van der Waals surface area contributed by atoms with Gasteiger partial charge in [-0.2, -0.15) is 0 Å². The summed E-state index contributed by atoms with van der Waals surface area (Å²) in [5, 5.41) is 13.3. The molecule has 0 spiro atoms. The van der Waals surface area contributed by atoms with E-state index in [1.165, 1.54) is 38.5 Å². The molecule has 1 aromatic rings. The fourth-order valence-electron chi connectivity index (χ4n) is 7.26. The van der Waals surface area contributed by atoms with E-state index in [1.807, 2.05) is 26.0 Å². The molecule has 0 unspecified atom stereocenters. The Hall–Kier alpha value is -2.16. The third kappa shape index (κ3) is 10.2. The van der Waals surface area contributed by atoms with E-state index in [-0.39, 0.29) is 48.5 Å². The Kier molecular flexibility index (Phi) is 13.8. The standard InChI is InChI=1S/C36H59N3O5/c1-26-22-39(27(2)25-40)36(42)32-21-31(37-35(41)30-16-9-6-10-17-30)18-19-33(32)44-28(3)13-11-12-20-43-34(26)24-38(4)23-29-14-7-5-8-15-29/h18-19,21,26-30,34,40H,5-17,20,22-25H2,1-4H3,(H,37,41)/t26-,27+,28+,34-/m0/s1. The summed E-state index contributed by atoms with van der Waals surface area (Å²) < 4.78 is 12.9. The molecule has 248 valence electrons. The van der Waals surface area contributed by atoms with E-state index < -0.39 is 0 Å². The number of hydrogen-bond donors (Lipinski definition) is 2. The second kappa shape index (κ2) is 17.5. The summed E-state index contributed by atoms with van der Waals surface area (Å²) in [5.74, 6) is 1.19. The average Bonchev–Trinajstić information content (AvgIpc) is 3.03. The van der Waals surface area contributed by atoms with Crippen LogP contribution in [-0.2, 0) is 9.53 Å². The number of amides is 2. The minimum atomic E-state index is -0.385. The predicted octanol–water partition coefficient (Wildman–Crippen LogP) is 6.51.